The maximum atomic E-state index is 14.0. The monoisotopic (exact) mass is 454 g/mol. The first-order valence-corrected chi connectivity index (χ1v) is 11.6. The number of nitrogens with zero attached hydrogens (tertiary/aromatic N) is 1. The predicted molar refractivity (Wildman–Crippen MR) is 124 cm³/mol. The number of ether oxygens (including phenoxy) is 1. The van der Waals surface area contributed by atoms with E-state index in [2.05, 4.69) is 11.9 Å². The lowest BCUT2D eigenvalue weighted by Gasteiger charge is -2.23. The summed E-state index contributed by atoms with van der Waals surface area (Å²) in [5, 5.41) is 2.78. The Morgan fingerprint density at radius 1 is 1.09 bits per heavy atom. The fourth-order valence-corrected chi connectivity index (χ4v) is 3.86. The number of anilines is 2. The minimum atomic E-state index is -3.68. The molecule has 3 rings (SSSR count). The normalized spacial score (nSPS) is 10.9. The SMILES string of the molecule is C=CCOc1cccc(NC(=O)c2ccc(N(Cc3ccccc3F)S(C)(=O)=O)cc2)c1. The molecule has 0 saturated heterocycles. The molecule has 0 unspecified atom stereocenters. The van der Waals surface area contributed by atoms with Crippen molar-refractivity contribution in [2.24, 2.45) is 0 Å². The summed E-state index contributed by atoms with van der Waals surface area (Å²) in [6, 6.07) is 19.0. The van der Waals surface area contributed by atoms with E-state index in [1.165, 1.54) is 42.5 Å². The van der Waals surface area contributed by atoms with E-state index in [0.29, 0.717) is 29.3 Å². The number of rotatable bonds is 9. The van der Waals surface area contributed by atoms with Crippen molar-refractivity contribution in [3.63, 3.8) is 0 Å². The molecule has 8 heteroatoms. The van der Waals surface area contributed by atoms with Crippen molar-refractivity contribution >= 4 is 27.3 Å². The van der Waals surface area contributed by atoms with Crippen LogP contribution in [0.5, 0.6) is 5.75 Å². The number of halogens is 1. The second kappa shape index (κ2) is 10.1. The summed E-state index contributed by atoms with van der Waals surface area (Å²) in [6.07, 6.45) is 2.68. The van der Waals surface area contributed by atoms with Crippen LogP contribution >= 0.6 is 0 Å². The fraction of sp³-hybridized carbons (Fsp3) is 0.125. The molecule has 0 heterocycles. The third-order valence-corrected chi connectivity index (χ3v) is 5.69. The van der Waals surface area contributed by atoms with E-state index in [1.807, 2.05) is 0 Å². The molecule has 1 N–H and O–H groups in total. The van der Waals surface area contributed by atoms with Crippen molar-refractivity contribution in [1.82, 2.24) is 0 Å². The number of hydrogen-bond acceptors (Lipinski definition) is 4. The fourth-order valence-electron chi connectivity index (χ4n) is 2.98. The summed E-state index contributed by atoms with van der Waals surface area (Å²) in [7, 11) is -3.68. The standard InChI is InChI=1S/C24H23FN2O4S/c1-3-15-31-22-9-6-8-20(16-22)26-24(28)18-11-13-21(14-12-18)27(32(2,29)30)17-19-7-4-5-10-23(19)25/h3-14,16H,1,15,17H2,2H3,(H,26,28). The molecule has 3 aromatic rings. The van der Waals surface area contributed by atoms with E-state index in [-0.39, 0.29) is 18.0 Å². The Morgan fingerprint density at radius 3 is 2.47 bits per heavy atom. The summed E-state index contributed by atoms with van der Waals surface area (Å²) >= 11 is 0. The first-order valence-electron chi connectivity index (χ1n) is 9.74. The topological polar surface area (TPSA) is 75.7 Å². The average Bonchev–Trinajstić information content (AvgIpc) is 2.77. The zero-order valence-corrected chi connectivity index (χ0v) is 18.3. The molecule has 0 aliphatic rings. The highest BCUT2D eigenvalue weighted by atomic mass is 32.2. The van der Waals surface area contributed by atoms with Gasteiger partial charge in [0.25, 0.3) is 5.91 Å². The highest BCUT2D eigenvalue weighted by molar-refractivity contribution is 7.92. The number of carbonyl (C=O) groups excluding carboxylic acids is 1. The Hall–Kier alpha value is -3.65. The molecule has 0 aliphatic heterocycles. The van der Waals surface area contributed by atoms with Crippen LogP contribution in [0.2, 0.25) is 0 Å². The van der Waals surface area contributed by atoms with E-state index in [4.69, 9.17) is 4.74 Å². The van der Waals surface area contributed by atoms with Gasteiger partial charge in [-0.3, -0.25) is 9.10 Å². The maximum absolute atomic E-state index is 14.0. The summed E-state index contributed by atoms with van der Waals surface area (Å²) in [5.74, 6) is -0.260. The van der Waals surface area contributed by atoms with Gasteiger partial charge in [-0.1, -0.05) is 36.9 Å². The molecule has 0 bridgehead atoms. The van der Waals surface area contributed by atoms with E-state index in [9.17, 15) is 17.6 Å². The van der Waals surface area contributed by atoms with Gasteiger partial charge in [-0.2, -0.15) is 0 Å². The smallest absolute Gasteiger partial charge is 0.255 e. The molecular weight excluding hydrogens is 431 g/mol. The van der Waals surface area contributed by atoms with Crippen LogP contribution in [0, 0.1) is 5.82 Å². The van der Waals surface area contributed by atoms with Gasteiger partial charge in [0.15, 0.2) is 0 Å². The molecule has 166 valence electrons. The summed E-state index contributed by atoms with van der Waals surface area (Å²) in [4.78, 5) is 12.6. The molecule has 0 aromatic heterocycles. The Labute approximate surface area is 187 Å². The van der Waals surface area contributed by atoms with Crippen LogP contribution in [0.4, 0.5) is 15.8 Å². The molecule has 3 aromatic carbocycles. The molecule has 0 radical (unpaired) electrons. The van der Waals surface area contributed by atoms with E-state index in [0.717, 1.165) is 10.6 Å². The third-order valence-electron chi connectivity index (χ3n) is 4.55. The number of nitrogens with one attached hydrogen (secondary N) is 1. The lowest BCUT2D eigenvalue weighted by Crippen LogP contribution is -2.29. The molecule has 6 nitrogen and oxygen atoms in total. The number of sulfonamides is 1. The number of benzene rings is 3. The first-order chi connectivity index (χ1) is 15.3. The molecule has 0 aliphatic carbocycles. The van der Waals surface area contributed by atoms with Crippen molar-refractivity contribution in [2.45, 2.75) is 6.54 Å². The molecule has 0 fully saturated rings. The molecule has 1 amide bonds. The zero-order valence-electron chi connectivity index (χ0n) is 17.5. The number of hydrogen-bond donors (Lipinski definition) is 1. The van der Waals surface area contributed by atoms with Crippen LogP contribution in [0.1, 0.15) is 15.9 Å². The zero-order chi connectivity index (χ0) is 23.1. The van der Waals surface area contributed by atoms with Gasteiger partial charge < -0.3 is 10.1 Å². The van der Waals surface area contributed by atoms with Crippen LogP contribution in [-0.2, 0) is 16.6 Å². The van der Waals surface area contributed by atoms with Gasteiger partial charge in [0.2, 0.25) is 10.0 Å². The maximum Gasteiger partial charge on any atom is 0.255 e. The van der Waals surface area contributed by atoms with Gasteiger partial charge in [-0.25, -0.2) is 12.8 Å². The minimum Gasteiger partial charge on any atom is -0.489 e. The second-order valence-corrected chi connectivity index (χ2v) is 8.90. The lowest BCUT2D eigenvalue weighted by atomic mass is 10.1. The van der Waals surface area contributed by atoms with Crippen LogP contribution in [0.15, 0.2) is 85.5 Å². The molecule has 0 saturated carbocycles. The second-order valence-electron chi connectivity index (χ2n) is 6.99. The van der Waals surface area contributed by atoms with Crippen LogP contribution in [0.3, 0.4) is 0 Å². The third kappa shape index (κ3) is 5.95. The van der Waals surface area contributed by atoms with E-state index >= 15 is 0 Å². The molecule has 32 heavy (non-hydrogen) atoms. The van der Waals surface area contributed by atoms with Gasteiger partial charge in [0.1, 0.15) is 18.2 Å². The van der Waals surface area contributed by atoms with Gasteiger partial charge in [-0.05, 0) is 42.5 Å². The Bertz CT molecular complexity index is 1210. The Balaban J connectivity index is 1.77. The average molecular weight is 455 g/mol. The van der Waals surface area contributed by atoms with Gasteiger partial charge in [0.05, 0.1) is 18.5 Å². The minimum absolute atomic E-state index is 0.158. The first kappa shape index (κ1) is 23.0. The quantitative estimate of drug-likeness (QED) is 0.479. The summed E-state index contributed by atoms with van der Waals surface area (Å²) < 4.78 is 45.2. The van der Waals surface area contributed by atoms with Crippen LogP contribution < -0.4 is 14.4 Å². The highest BCUT2D eigenvalue weighted by Gasteiger charge is 2.20. The van der Waals surface area contributed by atoms with Crippen molar-refractivity contribution in [2.75, 3.05) is 22.5 Å². The molecule has 0 atom stereocenters. The van der Waals surface area contributed by atoms with Crippen molar-refractivity contribution in [3.05, 3.63) is 102 Å². The van der Waals surface area contributed by atoms with Crippen molar-refractivity contribution in [3.8, 4) is 5.75 Å². The van der Waals surface area contributed by atoms with Gasteiger partial charge >= 0.3 is 0 Å². The largest absolute Gasteiger partial charge is 0.489 e. The van der Waals surface area contributed by atoms with Gasteiger partial charge in [0, 0.05) is 22.9 Å². The molecular formula is C24H23FN2O4S. The van der Waals surface area contributed by atoms with Crippen LogP contribution in [0.25, 0.3) is 0 Å². The van der Waals surface area contributed by atoms with E-state index < -0.39 is 15.8 Å². The lowest BCUT2D eigenvalue weighted by molar-refractivity contribution is 0.102. The predicted octanol–water partition coefficient (Wildman–Crippen LogP) is 4.61. The Kier molecular flexibility index (Phi) is 7.27. The van der Waals surface area contributed by atoms with Crippen LogP contribution in [-0.4, -0.2) is 27.2 Å². The van der Waals surface area contributed by atoms with E-state index in [1.54, 1.807) is 36.4 Å². The highest BCUT2D eigenvalue weighted by Crippen LogP contribution is 2.23. The Morgan fingerprint density at radius 2 is 1.81 bits per heavy atom. The molecule has 0 spiro atoms. The van der Waals surface area contributed by atoms with Crippen molar-refractivity contribution < 1.29 is 22.3 Å². The van der Waals surface area contributed by atoms with Crippen molar-refractivity contribution in [1.29, 1.82) is 0 Å². The van der Waals surface area contributed by atoms with Gasteiger partial charge in [-0.15, -0.1) is 0 Å². The number of carbonyl (C=O) groups is 1. The summed E-state index contributed by atoms with van der Waals surface area (Å²) in [5.41, 5.74) is 1.47. The summed E-state index contributed by atoms with van der Waals surface area (Å²) in [6.45, 7) is 3.79. The number of amides is 1.